The molecule has 0 unspecified atom stereocenters. The van der Waals surface area contributed by atoms with Crippen molar-refractivity contribution in [3.63, 3.8) is 0 Å². The molecule has 0 aliphatic heterocycles. The second-order valence-corrected chi connectivity index (χ2v) is 9.89. The van der Waals surface area contributed by atoms with Crippen LogP contribution in [0, 0.1) is 5.92 Å². The average molecular weight is 512 g/mol. The van der Waals surface area contributed by atoms with E-state index < -0.39 is 0 Å². The van der Waals surface area contributed by atoms with E-state index in [1.165, 1.54) is 24.8 Å². The fourth-order valence-corrected chi connectivity index (χ4v) is 3.99. The van der Waals surface area contributed by atoms with Gasteiger partial charge in [-0.3, -0.25) is 14.4 Å². The highest BCUT2D eigenvalue weighted by molar-refractivity contribution is 7.99. The van der Waals surface area contributed by atoms with Crippen molar-refractivity contribution in [2.24, 2.45) is 5.92 Å². The first-order chi connectivity index (χ1) is 17.4. The Kier molecular flexibility index (Phi) is 10.6. The Morgan fingerprint density at radius 1 is 0.972 bits per heavy atom. The Balaban J connectivity index is 1.56. The van der Waals surface area contributed by atoms with Crippen molar-refractivity contribution in [3.8, 4) is 0 Å². The molecular formula is C27H37N5O3S. The molecule has 9 heteroatoms. The smallest absolute Gasteiger partial charge is 0.251 e. The molecule has 1 aliphatic rings. The van der Waals surface area contributed by atoms with Crippen LogP contribution in [0.4, 0.5) is 5.69 Å². The van der Waals surface area contributed by atoms with Crippen LogP contribution in [0.2, 0.25) is 0 Å². The van der Waals surface area contributed by atoms with E-state index in [0.29, 0.717) is 43.1 Å². The summed E-state index contributed by atoms with van der Waals surface area (Å²) in [5, 5.41) is 12.0. The monoisotopic (exact) mass is 511 g/mol. The number of hydrogen-bond donors (Lipinski definition) is 4. The van der Waals surface area contributed by atoms with Crippen molar-refractivity contribution in [3.05, 3.63) is 65.2 Å². The minimum absolute atomic E-state index is 0.00897. The van der Waals surface area contributed by atoms with Gasteiger partial charge in [-0.25, -0.2) is 0 Å². The van der Waals surface area contributed by atoms with Gasteiger partial charge >= 0.3 is 0 Å². The van der Waals surface area contributed by atoms with Crippen LogP contribution in [0.5, 0.6) is 0 Å². The molecule has 0 bridgehead atoms. The maximum Gasteiger partial charge on any atom is 0.251 e. The van der Waals surface area contributed by atoms with Crippen LogP contribution in [-0.2, 0) is 11.3 Å². The van der Waals surface area contributed by atoms with E-state index in [1.807, 2.05) is 54.9 Å². The SMILES string of the molecule is CC[C@H](NCCNC(=O)c1cc(C(=O)NCc2ccccc2)cc(N(C)SC)c1)C(=O)NCC1CC1. The largest absolute Gasteiger partial charge is 0.354 e. The molecule has 4 N–H and O–H groups in total. The van der Waals surface area contributed by atoms with Crippen LogP contribution in [0.1, 0.15) is 52.5 Å². The summed E-state index contributed by atoms with van der Waals surface area (Å²) in [5.41, 5.74) is 2.59. The molecule has 0 saturated heterocycles. The fourth-order valence-electron chi connectivity index (χ4n) is 3.68. The molecule has 3 amide bonds. The summed E-state index contributed by atoms with van der Waals surface area (Å²) in [6, 6.07) is 14.6. The van der Waals surface area contributed by atoms with Gasteiger partial charge in [-0.2, -0.15) is 0 Å². The summed E-state index contributed by atoms with van der Waals surface area (Å²) in [7, 11) is 1.89. The Bertz CT molecular complexity index is 1030. The number of anilines is 1. The molecule has 3 rings (SSSR count). The third-order valence-corrected chi connectivity index (χ3v) is 6.92. The summed E-state index contributed by atoms with van der Waals surface area (Å²) in [5.74, 6) is 0.136. The number of nitrogens with zero attached hydrogens (tertiary/aromatic N) is 1. The molecule has 0 radical (unpaired) electrons. The summed E-state index contributed by atoms with van der Waals surface area (Å²) < 4.78 is 1.90. The molecule has 0 spiro atoms. The highest BCUT2D eigenvalue weighted by Gasteiger charge is 2.23. The van der Waals surface area contributed by atoms with E-state index in [1.54, 1.807) is 18.2 Å². The lowest BCUT2D eigenvalue weighted by Gasteiger charge is -2.19. The molecule has 2 aromatic rings. The normalized spacial score (nSPS) is 13.5. The fraction of sp³-hybridized carbons (Fsp3) is 0.444. The van der Waals surface area contributed by atoms with Gasteiger partial charge in [-0.15, -0.1) is 0 Å². The molecule has 1 atom stereocenters. The zero-order valence-electron chi connectivity index (χ0n) is 21.3. The highest BCUT2D eigenvalue weighted by atomic mass is 32.2. The first-order valence-corrected chi connectivity index (χ1v) is 13.6. The molecular weight excluding hydrogens is 474 g/mol. The van der Waals surface area contributed by atoms with Gasteiger partial charge in [0.15, 0.2) is 0 Å². The van der Waals surface area contributed by atoms with Crippen LogP contribution >= 0.6 is 11.9 Å². The van der Waals surface area contributed by atoms with Crippen molar-refractivity contribution in [2.75, 3.05) is 37.2 Å². The molecule has 1 fully saturated rings. The number of carbonyl (C=O) groups excluding carboxylic acids is 3. The highest BCUT2D eigenvalue weighted by Crippen LogP contribution is 2.27. The van der Waals surface area contributed by atoms with Crippen LogP contribution in [0.3, 0.4) is 0 Å². The van der Waals surface area contributed by atoms with E-state index in [4.69, 9.17) is 0 Å². The van der Waals surface area contributed by atoms with E-state index in [-0.39, 0.29) is 23.8 Å². The minimum Gasteiger partial charge on any atom is -0.354 e. The van der Waals surface area contributed by atoms with Gasteiger partial charge in [0.2, 0.25) is 5.91 Å². The summed E-state index contributed by atoms with van der Waals surface area (Å²) >= 11 is 1.49. The lowest BCUT2D eigenvalue weighted by Crippen LogP contribution is -2.46. The molecule has 1 saturated carbocycles. The second-order valence-electron chi connectivity index (χ2n) is 8.98. The van der Waals surface area contributed by atoms with Crippen LogP contribution < -0.4 is 25.6 Å². The summed E-state index contributed by atoms with van der Waals surface area (Å²) in [6.45, 7) is 3.95. The minimum atomic E-state index is -0.279. The second kappa shape index (κ2) is 13.9. The Morgan fingerprint density at radius 3 is 2.25 bits per heavy atom. The number of benzene rings is 2. The van der Waals surface area contributed by atoms with Crippen molar-refractivity contribution in [2.45, 2.75) is 38.8 Å². The molecule has 2 aromatic carbocycles. The molecule has 1 aliphatic carbocycles. The number of rotatable bonds is 14. The number of amides is 3. The number of hydrogen-bond acceptors (Lipinski definition) is 6. The molecule has 194 valence electrons. The van der Waals surface area contributed by atoms with Crippen molar-refractivity contribution in [1.82, 2.24) is 21.3 Å². The van der Waals surface area contributed by atoms with Crippen molar-refractivity contribution < 1.29 is 14.4 Å². The molecule has 0 aromatic heterocycles. The predicted molar refractivity (Wildman–Crippen MR) is 146 cm³/mol. The molecule has 0 heterocycles. The van der Waals surface area contributed by atoms with Gasteiger partial charge in [0, 0.05) is 56.3 Å². The van der Waals surface area contributed by atoms with Crippen LogP contribution in [-0.4, -0.2) is 56.7 Å². The van der Waals surface area contributed by atoms with Crippen LogP contribution in [0.15, 0.2) is 48.5 Å². The Labute approximate surface area is 218 Å². The standard InChI is InChI=1S/C27H37N5O3S/c1-4-24(27(35)31-18-20-10-11-20)28-12-13-29-25(33)21-14-22(16-23(15-21)32(2)36-3)26(34)30-17-19-8-6-5-7-9-19/h5-9,14-16,20,24,28H,4,10-13,17-18H2,1-3H3,(H,29,33)(H,30,34)(H,31,35)/t24-/m0/s1. The molecule has 8 nitrogen and oxygen atoms in total. The van der Waals surface area contributed by atoms with E-state index in [2.05, 4.69) is 21.3 Å². The first-order valence-electron chi connectivity index (χ1n) is 12.5. The summed E-state index contributed by atoms with van der Waals surface area (Å²) in [4.78, 5) is 38.1. The van der Waals surface area contributed by atoms with Gasteiger partial charge in [0.25, 0.3) is 11.8 Å². The quantitative estimate of drug-likeness (QED) is 0.230. The van der Waals surface area contributed by atoms with E-state index in [0.717, 1.165) is 17.8 Å². The van der Waals surface area contributed by atoms with Gasteiger partial charge in [0.1, 0.15) is 0 Å². The average Bonchev–Trinajstić information content (AvgIpc) is 3.74. The lowest BCUT2D eigenvalue weighted by atomic mass is 10.1. The lowest BCUT2D eigenvalue weighted by molar-refractivity contribution is -0.123. The third kappa shape index (κ3) is 8.57. The van der Waals surface area contributed by atoms with Gasteiger partial charge < -0.3 is 25.6 Å². The topological polar surface area (TPSA) is 103 Å². The Morgan fingerprint density at radius 2 is 1.64 bits per heavy atom. The first kappa shape index (κ1) is 27.5. The Hall–Kier alpha value is -3.04. The number of nitrogens with one attached hydrogen (secondary N) is 4. The van der Waals surface area contributed by atoms with E-state index >= 15 is 0 Å². The van der Waals surface area contributed by atoms with Crippen molar-refractivity contribution >= 4 is 35.4 Å². The van der Waals surface area contributed by atoms with Gasteiger partial charge in [0.05, 0.1) is 6.04 Å². The zero-order valence-corrected chi connectivity index (χ0v) is 22.1. The zero-order chi connectivity index (χ0) is 25.9. The van der Waals surface area contributed by atoms with Crippen LogP contribution in [0.25, 0.3) is 0 Å². The van der Waals surface area contributed by atoms with Crippen molar-refractivity contribution in [1.29, 1.82) is 0 Å². The maximum absolute atomic E-state index is 12.9. The molecule has 36 heavy (non-hydrogen) atoms. The van der Waals surface area contributed by atoms with Gasteiger partial charge in [-0.1, -0.05) is 49.2 Å². The predicted octanol–water partition coefficient (Wildman–Crippen LogP) is 2.96. The van der Waals surface area contributed by atoms with E-state index in [9.17, 15) is 14.4 Å². The summed E-state index contributed by atoms with van der Waals surface area (Å²) in [6.07, 6.45) is 5.00. The number of carbonyl (C=O) groups is 3. The third-order valence-electron chi connectivity index (χ3n) is 6.16. The maximum atomic E-state index is 12.9. The van der Waals surface area contributed by atoms with Gasteiger partial charge in [-0.05, 0) is 48.9 Å².